The van der Waals surface area contributed by atoms with Gasteiger partial charge in [-0.25, -0.2) is 9.82 Å². The largest absolute Gasteiger partial charge is 0.483 e. The van der Waals surface area contributed by atoms with Crippen molar-refractivity contribution in [2.24, 2.45) is 5.10 Å². The molecule has 0 radical (unpaired) electrons. The number of halogens is 1. The van der Waals surface area contributed by atoms with E-state index in [0.29, 0.717) is 23.5 Å². The standard InChI is InChI=1S/C19H19FN4O4/c1-2-21-18(26)19(27)24-22-11-13-5-3-4-6-16(13)28-12-17(25)23-15-9-7-14(20)8-10-15/h3-11H,2,12H2,1H3,(H,21,26)(H,23,25)(H,24,27)/b22-11-. The molecule has 0 bridgehead atoms. The molecule has 0 fully saturated rings. The van der Waals surface area contributed by atoms with Crippen molar-refractivity contribution in [2.45, 2.75) is 6.92 Å². The second-order valence-corrected chi connectivity index (χ2v) is 5.44. The van der Waals surface area contributed by atoms with Gasteiger partial charge >= 0.3 is 11.8 Å². The summed E-state index contributed by atoms with van der Waals surface area (Å²) >= 11 is 0. The molecule has 0 saturated heterocycles. The Balaban J connectivity index is 1.91. The van der Waals surface area contributed by atoms with E-state index >= 15 is 0 Å². The Labute approximate surface area is 160 Å². The number of anilines is 1. The van der Waals surface area contributed by atoms with Gasteiger partial charge in [-0.1, -0.05) is 12.1 Å². The van der Waals surface area contributed by atoms with Gasteiger partial charge in [-0.2, -0.15) is 5.10 Å². The van der Waals surface area contributed by atoms with Gasteiger partial charge in [0.15, 0.2) is 6.61 Å². The number of rotatable bonds is 7. The summed E-state index contributed by atoms with van der Waals surface area (Å²) in [6.45, 7) is 1.73. The zero-order valence-electron chi connectivity index (χ0n) is 15.1. The fourth-order valence-electron chi connectivity index (χ4n) is 2.04. The molecule has 0 aliphatic rings. The second kappa shape index (κ2) is 10.4. The van der Waals surface area contributed by atoms with Crippen LogP contribution in [0.5, 0.6) is 5.75 Å². The molecule has 8 nitrogen and oxygen atoms in total. The molecule has 3 amide bonds. The number of ether oxygens (including phenoxy) is 1. The average molecular weight is 386 g/mol. The van der Waals surface area contributed by atoms with Gasteiger partial charge in [0.25, 0.3) is 5.91 Å². The van der Waals surface area contributed by atoms with E-state index in [-0.39, 0.29) is 6.61 Å². The Kier molecular flexibility index (Phi) is 7.64. The number of benzene rings is 2. The van der Waals surface area contributed by atoms with Gasteiger partial charge in [0.05, 0.1) is 6.21 Å². The van der Waals surface area contributed by atoms with Gasteiger partial charge < -0.3 is 15.4 Å². The van der Waals surface area contributed by atoms with E-state index < -0.39 is 23.5 Å². The summed E-state index contributed by atoms with van der Waals surface area (Å²) in [6, 6.07) is 12.0. The van der Waals surface area contributed by atoms with Crippen LogP contribution in [0.4, 0.5) is 10.1 Å². The van der Waals surface area contributed by atoms with E-state index in [4.69, 9.17) is 4.74 Å². The van der Waals surface area contributed by atoms with E-state index in [1.165, 1.54) is 30.5 Å². The molecule has 0 aromatic heterocycles. The van der Waals surface area contributed by atoms with Crippen molar-refractivity contribution in [3.63, 3.8) is 0 Å². The molecule has 146 valence electrons. The van der Waals surface area contributed by atoms with Crippen LogP contribution in [-0.4, -0.2) is 37.1 Å². The summed E-state index contributed by atoms with van der Waals surface area (Å²) in [5, 5.41) is 8.63. The maximum atomic E-state index is 12.9. The van der Waals surface area contributed by atoms with Crippen molar-refractivity contribution in [1.29, 1.82) is 0 Å². The first-order valence-corrected chi connectivity index (χ1v) is 8.38. The molecule has 2 aromatic rings. The smallest absolute Gasteiger partial charge is 0.329 e. The maximum Gasteiger partial charge on any atom is 0.329 e. The molecule has 0 saturated carbocycles. The van der Waals surface area contributed by atoms with Crippen molar-refractivity contribution < 1.29 is 23.5 Å². The summed E-state index contributed by atoms with van der Waals surface area (Å²) in [4.78, 5) is 34.7. The topological polar surface area (TPSA) is 109 Å². The lowest BCUT2D eigenvalue weighted by Gasteiger charge is -2.09. The van der Waals surface area contributed by atoms with E-state index in [0.717, 1.165) is 0 Å². The van der Waals surface area contributed by atoms with Crippen LogP contribution in [0.3, 0.4) is 0 Å². The van der Waals surface area contributed by atoms with Crippen LogP contribution >= 0.6 is 0 Å². The first-order chi connectivity index (χ1) is 13.5. The number of nitrogens with one attached hydrogen (secondary N) is 3. The van der Waals surface area contributed by atoms with Crippen molar-refractivity contribution in [2.75, 3.05) is 18.5 Å². The number of likely N-dealkylation sites (N-methyl/N-ethyl adjacent to an activating group) is 1. The minimum Gasteiger partial charge on any atom is -0.483 e. The minimum atomic E-state index is -0.893. The molecule has 2 aromatic carbocycles. The Morgan fingerprint density at radius 2 is 1.79 bits per heavy atom. The summed E-state index contributed by atoms with van der Waals surface area (Å²) in [5.74, 6) is -2.16. The van der Waals surface area contributed by atoms with Crippen molar-refractivity contribution in [3.8, 4) is 5.75 Å². The lowest BCUT2D eigenvalue weighted by atomic mass is 10.2. The Morgan fingerprint density at radius 3 is 2.50 bits per heavy atom. The highest BCUT2D eigenvalue weighted by Gasteiger charge is 2.11. The van der Waals surface area contributed by atoms with Crippen molar-refractivity contribution in [3.05, 3.63) is 59.9 Å². The number of carbonyl (C=O) groups is 3. The van der Waals surface area contributed by atoms with Crippen molar-refractivity contribution >= 4 is 29.6 Å². The van der Waals surface area contributed by atoms with Crippen LogP contribution < -0.4 is 20.8 Å². The third-order valence-corrected chi connectivity index (χ3v) is 3.32. The highest BCUT2D eigenvalue weighted by Crippen LogP contribution is 2.16. The Morgan fingerprint density at radius 1 is 1.07 bits per heavy atom. The first kappa shape index (κ1) is 20.6. The van der Waals surface area contributed by atoms with Crippen LogP contribution in [0.1, 0.15) is 12.5 Å². The summed E-state index contributed by atoms with van der Waals surface area (Å²) in [7, 11) is 0. The molecular formula is C19H19FN4O4. The summed E-state index contributed by atoms with van der Waals surface area (Å²) in [5.41, 5.74) is 3.03. The fraction of sp³-hybridized carbons (Fsp3) is 0.158. The van der Waals surface area contributed by atoms with E-state index in [1.54, 1.807) is 31.2 Å². The molecule has 3 N–H and O–H groups in total. The van der Waals surface area contributed by atoms with E-state index in [9.17, 15) is 18.8 Å². The van der Waals surface area contributed by atoms with Gasteiger partial charge in [-0.05, 0) is 43.3 Å². The van der Waals surface area contributed by atoms with Gasteiger partial charge in [-0.15, -0.1) is 0 Å². The molecule has 0 spiro atoms. The third kappa shape index (κ3) is 6.52. The first-order valence-electron chi connectivity index (χ1n) is 8.38. The zero-order valence-corrected chi connectivity index (χ0v) is 15.1. The van der Waals surface area contributed by atoms with Crippen LogP contribution in [0.15, 0.2) is 53.6 Å². The predicted octanol–water partition coefficient (Wildman–Crippen LogP) is 1.43. The monoisotopic (exact) mass is 386 g/mol. The molecule has 0 heterocycles. The molecule has 0 aliphatic carbocycles. The van der Waals surface area contributed by atoms with Gasteiger partial charge in [0.2, 0.25) is 0 Å². The normalized spacial score (nSPS) is 10.4. The molecular weight excluding hydrogens is 367 g/mol. The molecule has 0 atom stereocenters. The SMILES string of the molecule is CCNC(=O)C(=O)N/N=C\c1ccccc1OCC(=O)Nc1ccc(F)cc1. The lowest BCUT2D eigenvalue weighted by Crippen LogP contribution is -2.37. The highest BCUT2D eigenvalue weighted by atomic mass is 19.1. The number of hydrazone groups is 1. The van der Waals surface area contributed by atoms with E-state index in [1.807, 2.05) is 0 Å². The van der Waals surface area contributed by atoms with Crippen LogP contribution in [-0.2, 0) is 14.4 Å². The van der Waals surface area contributed by atoms with E-state index in [2.05, 4.69) is 21.2 Å². The van der Waals surface area contributed by atoms with Gasteiger partial charge in [-0.3, -0.25) is 14.4 Å². The molecule has 2 rings (SSSR count). The Hall–Kier alpha value is -3.75. The second-order valence-electron chi connectivity index (χ2n) is 5.44. The van der Waals surface area contributed by atoms with Gasteiger partial charge in [0, 0.05) is 17.8 Å². The van der Waals surface area contributed by atoms with Crippen LogP contribution in [0.2, 0.25) is 0 Å². The number of carbonyl (C=O) groups excluding carboxylic acids is 3. The Bertz CT molecular complexity index is 868. The third-order valence-electron chi connectivity index (χ3n) is 3.32. The zero-order chi connectivity index (χ0) is 20.4. The van der Waals surface area contributed by atoms with Crippen molar-refractivity contribution in [1.82, 2.24) is 10.7 Å². The molecule has 0 aliphatic heterocycles. The summed E-state index contributed by atoms with van der Waals surface area (Å²) in [6.07, 6.45) is 1.30. The maximum absolute atomic E-state index is 12.9. The van der Waals surface area contributed by atoms with Crippen LogP contribution in [0.25, 0.3) is 0 Å². The highest BCUT2D eigenvalue weighted by molar-refractivity contribution is 6.35. The minimum absolute atomic E-state index is 0.284. The quantitative estimate of drug-likeness (QED) is 0.380. The number of hydrogen-bond acceptors (Lipinski definition) is 5. The fourth-order valence-corrected chi connectivity index (χ4v) is 2.04. The average Bonchev–Trinajstić information content (AvgIpc) is 2.69. The molecule has 0 unspecified atom stereocenters. The lowest BCUT2D eigenvalue weighted by molar-refractivity contribution is -0.139. The summed E-state index contributed by atoms with van der Waals surface area (Å²) < 4.78 is 18.3. The number of amides is 3. The predicted molar refractivity (Wildman–Crippen MR) is 101 cm³/mol. The number of hydrogen-bond donors (Lipinski definition) is 3. The molecule has 9 heteroatoms. The number of para-hydroxylation sites is 1. The number of nitrogens with zero attached hydrogens (tertiary/aromatic N) is 1. The molecule has 28 heavy (non-hydrogen) atoms. The van der Waals surface area contributed by atoms with Gasteiger partial charge in [0.1, 0.15) is 11.6 Å². The van der Waals surface area contributed by atoms with Crippen LogP contribution in [0, 0.1) is 5.82 Å².